The fourth-order valence-corrected chi connectivity index (χ4v) is 8.49. The zero-order valence-corrected chi connectivity index (χ0v) is 29.0. The van der Waals surface area contributed by atoms with Gasteiger partial charge in [-0.05, 0) is 56.4 Å². The number of aromatic hydroxyl groups is 10. The van der Waals surface area contributed by atoms with Gasteiger partial charge in [0.05, 0.1) is 16.5 Å². The third kappa shape index (κ3) is 4.00. The van der Waals surface area contributed by atoms with Crippen LogP contribution in [0.1, 0.15) is 5.56 Å². The molecule has 56 heavy (non-hydrogen) atoms. The summed E-state index contributed by atoms with van der Waals surface area (Å²) in [5.41, 5.74) is 1.70. The number of furan rings is 1. The molecule has 0 amide bonds. The molecular weight excluding hydrogens is 716 g/mol. The quantitative estimate of drug-likeness (QED) is 0.0466. The van der Waals surface area contributed by atoms with Gasteiger partial charge in [-0.25, -0.2) is 0 Å². The summed E-state index contributed by atoms with van der Waals surface area (Å²) in [5.74, 6) is -10.4. The van der Waals surface area contributed by atoms with E-state index in [1.54, 1.807) is 12.1 Å². The summed E-state index contributed by atoms with van der Waals surface area (Å²) >= 11 is 0. The number of phenols is 10. The number of para-hydroxylation sites is 2. The highest BCUT2D eigenvalue weighted by atomic mass is 16.4. The van der Waals surface area contributed by atoms with Crippen LogP contribution in [-0.2, 0) is 0 Å². The number of hydrogen-bond donors (Lipinski definition) is 10. The molecule has 10 aromatic rings. The summed E-state index contributed by atoms with van der Waals surface area (Å²) in [4.78, 5) is 0. The van der Waals surface area contributed by atoms with Gasteiger partial charge in [-0.3, -0.25) is 0 Å². The minimum Gasteiger partial charge on any atom is -0.504 e. The summed E-state index contributed by atoms with van der Waals surface area (Å²) in [7, 11) is 0. The Morgan fingerprint density at radius 2 is 0.857 bits per heavy atom. The van der Waals surface area contributed by atoms with E-state index < -0.39 is 79.4 Å². The smallest absolute Gasteiger partial charge is 0.205 e. The maximum atomic E-state index is 11.7. The Hall–Kier alpha value is -7.92. The van der Waals surface area contributed by atoms with Crippen molar-refractivity contribution in [3.8, 4) is 90.9 Å². The molecule has 0 bridgehead atoms. The van der Waals surface area contributed by atoms with Crippen LogP contribution in [-0.4, -0.2) is 51.1 Å². The Morgan fingerprint density at radius 3 is 1.52 bits per heavy atom. The lowest BCUT2D eigenvalue weighted by atomic mass is 9.85. The van der Waals surface area contributed by atoms with E-state index in [-0.39, 0.29) is 16.7 Å². The molecule has 11 nitrogen and oxygen atoms in total. The second kappa shape index (κ2) is 11.1. The lowest BCUT2D eigenvalue weighted by molar-refractivity contribution is 0.349. The van der Waals surface area contributed by atoms with E-state index in [2.05, 4.69) is 0 Å². The van der Waals surface area contributed by atoms with E-state index in [1.165, 1.54) is 6.92 Å². The lowest BCUT2D eigenvalue weighted by Crippen LogP contribution is -1.95. The number of benzene rings is 9. The molecule has 0 unspecified atom stereocenters. The van der Waals surface area contributed by atoms with Crippen molar-refractivity contribution in [1.29, 1.82) is 0 Å². The maximum absolute atomic E-state index is 11.7. The van der Waals surface area contributed by atoms with Crippen LogP contribution in [0.4, 0.5) is 0 Å². The molecule has 1 aromatic heterocycles. The topological polar surface area (TPSA) is 215 Å². The minimum absolute atomic E-state index is 0.238. The van der Waals surface area contributed by atoms with Gasteiger partial charge in [0, 0.05) is 32.8 Å². The molecule has 0 fully saturated rings. The van der Waals surface area contributed by atoms with Crippen LogP contribution in [0, 0.1) is 6.92 Å². The third-order valence-electron chi connectivity index (χ3n) is 11.1. The highest BCUT2D eigenvalue weighted by Crippen LogP contribution is 2.63. The van der Waals surface area contributed by atoms with Crippen molar-refractivity contribution in [3.05, 3.63) is 96.6 Å². The van der Waals surface area contributed by atoms with Gasteiger partial charge in [-0.15, -0.1) is 0 Å². The Bertz CT molecular complexity index is 3340. The Labute approximate surface area is 314 Å². The molecule has 1 heterocycles. The van der Waals surface area contributed by atoms with Gasteiger partial charge in [0.15, 0.2) is 46.0 Å². The first-order chi connectivity index (χ1) is 26.9. The normalized spacial score (nSPS) is 12.0. The largest absolute Gasteiger partial charge is 0.504 e. The van der Waals surface area contributed by atoms with Crippen molar-refractivity contribution in [2.75, 3.05) is 0 Å². The van der Waals surface area contributed by atoms with Gasteiger partial charge in [-0.2, -0.15) is 0 Å². The second-order valence-corrected chi connectivity index (χ2v) is 13.9. The first kappa shape index (κ1) is 32.7. The van der Waals surface area contributed by atoms with Crippen molar-refractivity contribution >= 4 is 65.0 Å². The molecule has 10 N–H and O–H groups in total. The Morgan fingerprint density at radius 1 is 0.339 bits per heavy atom. The molecule has 0 aliphatic rings. The molecule has 0 atom stereocenters. The zero-order chi connectivity index (χ0) is 39.1. The number of fused-ring (bicyclic) bond motifs is 4. The summed E-state index contributed by atoms with van der Waals surface area (Å²) < 4.78 is 6.38. The van der Waals surface area contributed by atoms with Crippen molar-refractivity contribution in [1.82, 2.24) is 0 Å². The van der Waals surface area contributed by atoms with Crippen LogP contribution in [0.15, 0.2) is 95.4 Å². The lowest BCUT2D eigenvalue weighted by Gasteiger charge is -2.22. The van der Waals surface area contributed by atoms with Crippen molar-refractivity contribution in [2.24, 2.45) is 0 Å². The molecule has 0 aliphatic heterocycles. The summed E-state index contributed by atoms with van der Waals surface area (Å²) in [5, 5.41) is 116. The van der Waals surface area contributed by atoms with Gasteiger partial charge in [0.1, 0.15) is 11.2 Å². The van der Waals surface area contributed by atoms with Gasteiger partial charge < -0.3 is 55.5 Å². The van der Waals surface area contributed by atoms with E-state index in [0.29, 0.717) is 5.39 Å². The van der Waals surface area contributed by atoms with Crippen molar-refractivity contribution in [3.63, 3.8) is 0 Å². The molecular formula is C45H28O11. The van der Waals surface area contributed by atoms with Gasteiger partial charge in [0.25, 0.3) is 0 Å². The first-order valence-electron chi connectivity index (χ1n) is 17.4. The molecule has 11 heteroatoms. The number of phenolic OH excluding ortho intramolecular Hbond substituents is 10. The number of rotatable bonds is 3. The van der Waals surface area contributed by atoms with Crippen LogP contribution < -0.4 is 0 Å². The fraction of sp³-hybridized carbons (Fsp3) is 0.0222. The van der Waals surface area contributed by atoms with Crippen LogP contribution in [0.25, 0.3) is 98.4 Å². The monoisotopic (exact) mass is 744 g/mol. The van der Waals surface area contributed by atoms with Gasteiger partial charge >= 0.3 is 0 Å². The average Bonchev–Trinajstić information content (AvgIpc) is 3.60. The third-order valence-corrected chi connectivity index (χ3v) is 11.1. The molecule has 0 radical (unpaired) electrons. The fourth-order valence-electron chi connectivity index (χ4n) is 8.49. The molecule has 0 saturated heterocycles. The maximum Gasteiger partial charge on any atom is 0.205 e. The Kier molecular flexibility index (Phi) is 6.46. The van der Waals surface area contributed by atoms with E-state index in [0.717, 1.165) is 60.0 Å². The van der Waals surface area contributed by atoms with E-state index in [1.807, 2.05) is 78.9 Å². The minimum atomic E-state index is -1.22. The van der Waals surface area contributed by atoms with E-state index in [4.69, 9.17) is 4.42 Å². The van der Waals surface area contributed by atoms with Crippen LogP contribution in [0.3, 0.4) is 0 Å². The number of hydrogen-bond acceptors (Lipinski definition) is 11. The highest BCUT2D eigenvalue weighted by Gasteiger charge is 2.34. The standard InChI is InChI=1S/C45H28O11/c1-17-28(32-34(39(50)35(17)46)42(53)44(55)43(54)38(32)49)33-40(51)36(47)31(37(48)41(33)52)24-14-12-19-10-9-18-11-13-20(22-15-16-23(24)30(19)29(18)22)25-6-4-7-26-21-5-2-3-8-27(21)56-45(25)26/h2-16,46-55H,1H3. The predicted molar refractivity (Wildman–Crippen MR) is 213 cm³/mol. The van der Waals surface area contributed by atoms with Crippen LogP contribution in [0.2, 0.25) is 0 Å². The SMILES string of the molecule is Cc1c(O)c(O)c2c(O)c(O)c(O)c(O)c2c1-c1c(O)c(O)c(-c2ccc3ccc4ccc(-c5cccc6c5oc5ccccc56)c5ccc2c3c45)c(O)c1O. The predicted octanol–water partition coefficient (Wildman–Crippen LogP) is 10.0. The van der Waals surface area contributed by atoms with E-state index in [9.17, 15) is 51.1 Å². The van der Waals surface area contributed by atoms with Crippen LogP contribution >= 0.6 is 0 Å². The average molecular weight is 745 g/mol. The molecule has 10 rings (SSSR count). The van der Waals surface area contributed by atoms with Crippen molar-refractivity contribution < 1.29 is 55.5 Å². The summed E-state index contributed by atoms with van der Waals surface area (Å²) in [6.07, 6.45) is 0. The molecule has 9 aromatic carbocycles. The molecule has 274 valence electrons. The zero-order valence-electron chi connectivity index (χ0n) is 29.0. The van der Waals surface area contributed by atoms with Crippen molar-refractivity contribution in [2.45, 2.75) is 6.92 Å². The van der Waals surface area contributed by atoms with E-state index >= 15 is 0 Å². The summed E-state index contributed by atoms with van der Waals surface area (Å²) in [6, 6.07) is 29.1. The van der Waals surface area contributed by atoms with Crippen LogP contribution in [0.5, 0.6) is 57.5 Å². The molecule has 0 saturated carbocycles. The van der Waals surface area contributed by atoms with Gasteiger partial charge in [-0.1, -0.05) is 84.9 Å². The first-order valence-corrected chi connectivity index (χ1v) is 17.4. The Balaban J connectivity index is 1.24. The highest BCUT2D eigenvalue weighted by molar-refractivity contribution is 6.29. The summed E-state index contributed by atoms with van der Waals surface area (Å²) in [6.45, 7) is 1.22. The molecule has 0 aliphatic carbocycles. The molecule has 0 spiro atoms. The van der Waals surface area contributed by atoms with Gasteiger partial charge in [0.2, 0.25) is 11.5 Å². The second-order valence-electron chi connectivity index (χ2n) is 13.9.